The van der Waals surface area contributed by atoms with Crippen LogP contribution in [0.15, 0.2) is 114 Å². The Bertz CT molecular complexity index is 1290. The minimum Gasteiger partial charge on any atom is -0.465 e. The molecule has 0 saturated carbocycles. The van der Waals surface area contributed by atoms with Crippen LogP contribution in [-0.2, 0) is 16.8 Å². The number of anilines is 1. The number of carbonyl (C=O) groups is 1. The van der Waals surface area contributed by atoms with Gasteiger partial charge in [-0.2, -0.15) is 0 Å². The molecule has 32 heavy (non-hydrogen) atoms. The maximum absolute atomic E-state index is 14.4. The second-order valence-corrected chi connectivity index (χ2v) is 8.60. The molecule has 2 heterocycles. The number of furan rings is 1. The second-order valence-electron chi connectivity index (χ2n) is 8.60. The molecule has 4 aromatic rings. The maximum Gasteiger partial charge on any atom is 0.239 e. The number of amides is 1. The second kappa shape index (κ2) is 7.38. The first-order chi connectivity index (χ1) is 15.8. The highest BCUT2D eigenvalue weighted by atomic mass is 16.3. The number of carbonyl (C=O) groups excluding carboxylic acids is 1. The fourth-order valence-electron chi connectivity index (χ4n) is 5.43. The van der Waals surface area contributed by atoms with Gasteiger partial charge in [0, 0.05) is 11.6 Å². The zero-order valence-corrected chi connectivity index (χ0v) is 17.6. The third-order valence-corrected chi connectivity index (χ3v) is 6.85. The number of rotatable bonds is 4. The van der Waals surface area contributed by atoms with Crippen molar-refractivity contribution in [2.24, 2.45) is 0 Å². The maximum atomic E-state index is 14.4. The van der Waals surface area contributed by atoms with E-state index < -0.39 is 5.41 Å². The Morgan fingerprint density at radius 2 is 1.56 bits per heavy atom. The third-order valence-electron chi connectivity index (χ3n) is 6.85. The van der Waals surface area contributed by atoms with Crippen molar-refractivity contribution in [3.8, 4) is 0 Å². The van der Waals surface area contributed by atoms with Crippen LogP contribution in [0, 0.1) is 0 Å². The molecule has 1 amide bonds. The molecule has 1 aliphatic heterocycles. The van der Waals surface area contributed by atoms with Gasteiger partial charge in [0.1, 0.15) is 5.76 Å². The zero-order chi connectivity index (χ0) is 21.5. The Hall–Kier alpha value is -3.85. The summed E-state index contributed by atoms with van der Waals surface area (Å²) in [4.78, 5) is 16.3. The molecule has 6 rings (SSSR count). The van der Waals surface area contributed by atoms with E-state index in [1.807, 2.05) is 53.4 Å². The van der Waals surface area contributed by atoms with Gasteiger partial charge in [0.25, 0.3) is 0 Å². The molecule has 0 bridgehead atoms. The summed E-state index contributed by atoms with van der Waals surface area (Å²) in [7, 11) is 0. The van der Waals surface area contributed by atoms with Crippen LogP contribution in [0.25, 0.3) is 5.57 Å². The van der Waals surface area contributed by atoms with Gasteiger partial charge < -0.3 is 9.32 Å². The number of hydrogen-bond acceptors (Lipinski definition) is 2. The minimum absolute atomic E-state index is 0.0572. The number of hydrogen-bond donors (Lipinski definition) is 0. The summed E-state index contributed by atoms with van der Waals surface area (Å²) in [6, 6.07) is 32.8. The highest BCUT2D eigenvalue weighted by molar-refractivity contribution is 6.11. The van der Waals surface area contributed by atoms with E-state index in [0.29, 0.717) is 13.0 Å². The quantitative estimate of drug-likeness (QED) is 0.388. The Kier molecular flexibility index (Phi) is 4.36. The van der Waals surface area contributed by atoms with E-state index in [2.05, 4.69) is 54.6 Å². The lowest BCUT2D eigenvalue weighted by Gasteiger charge is -2.31. The molecule has 0 saturated heterocycles. The number of benzene rings is 3. The Labute approximate surface area is 187 Å². The van der Waals surface area contributed by atoms with Crippen molar-refractivity contribution in [2.75, 3.05) is 4.90 Å². The van der Waals surface area contributed by atoms with E-state index >= 15 is 0 Å². The molecule has 1 aliphatic carbocycles. The topological polar surface area (TPSA) is 33.5 Å². The fraction of sp³-hybridized carbons (Fsp3) is 0.138. The molecule has 0 radical (unpaired) electrons. The third kappa shape index (κ3) is 2.78. The Morgan fingerprint density at radius 1 is 0.844 bits per heavy atom. The van der Waals surface area contributed by atoms with Gasteiger partial charge in [-0.05, 0) is 46.9 Å². The van der Waals surface area contributed by atoms with Crippen LogP contribution in [0.1, 0.15) is 34.8 Å². The zero-order valence-electron chi connectivity index (χ0n) is 17.6. The smallest absolute Gasteiger partial charge is 0.239 e. The van der Waals surface area contributed by atoms with Gasteiger partial charge >= 0.3 is 0 Å². The minimum atomic E-state index is -0.672. The molecule has 2 atom stereocenters. The summed E-state index contributed by atoms with van der Waals surface area (Å²) in [6.45, 7) is 0.566. The van der Waals surface area contributed by atoms with Crippen molar-refractivity contribution >= 4 is 17.2 Å². The molecule has 0 N–H and O–H groups in total. The SMILES string of the molecule is O=C1N(Cc2ccccc2)c2ccccc2[C@]12CC(c1ccco1)=C[C@@H]2c1ccccc1. The summed E-state index contributed by atoms with van der Waals surface area (Å²) in [6.07, 6.45) is 4.57. The molecular weight excluding hydrogens is 394 g/mol. The number of allylic oxidation sites excluding steroid dienone is 2. The largest absolute Gasteiger partial charge is 0.465 e. The Balaban J connectivity index is 1.51. The molecule has 1 aromatic heterocycles. The predicted octanol–water partition coefficient (Wildman–Crippen LogP) is 6.34. The van der Waals surface area contributed by atoms with Crippen molar-refractivity contribution < 1.29 is 9.21 Å². The highest BCUT2D eigenvalue weighted by Crippen LogP contribution is 2.59. The standard InChI is InChI=1S/C29H23NO2/c31-28-29(24-14-7-8-15-26(24)30(28)20-21-10-3-1-4-11-21)19-23(27-16-9-17-32-27)18-25(29)22-12-5-2-6-13-22/h1-18,25H,19-20H2/t25-,29+/m1/s1. The fourth-order valence-corrected chi connectivity index (χ4v) is 5.43. The van der Waals surface area contributed by atoms with Crippen LogP contribution in [0.5, 0.6) is 0 Å². The van der Waals surface area contributed by atoms with Gasteiger partial charge in [-0.15, -0.1) is 0 Å². The summed E-state index contributed by atoms with van der Waals surface area (Å²) >= 11 is 0. The highest BCUT2D eigenvalue weighted by Gasteiger charge is 2.58. The molecule has 3 aromatic carbocycles. The van der Waals surface area contributed by atoms with Crippen LogP contribution in [0.3, 0.4) is 0 Å². The molecule has 3 heteroatoms. The van der Waals surface area contributed by atoms with Gasteiger partial charge in [-0.1, -0.05) is 84.9 Å². The molecule has 0 unspecified atom stereocenters. The lowest BCUT2D eigenvalue weighted by atomic mass is 9.69. The molecule has 2 aliphatic rings. The van der Waals surface area contributed by atoms with Crippen LogP contribution in [0.4, 0.5) is 5.69 Å². The molecule has 1 spiro atoms. The van der Waals surface area contributed by atoms with Crippen molar-refractivity contribution in [3.05, 3.63) is 132 Å². The molecule has 156 valence electrons. The van der Waals surface area contributed by atoms with E-state index in [9.17, 15) is 4.79 Å². The van der Waals surface area contributed by atoms with Crippen molar-refractivity contribution in [3.63, 3.8) is 0 Å². The molecular formula is C29H23NO2. The normalized spacial score (nSPS) is 21.8. The summed E-state index contributed by atoms with van der Waals surface area (Å²) in [5.41, 5.74) is 4.81. The average Bonchev–Trinajstić information content (AvgIpc) is 3.56. The van der Waals surface area contributed by atoms with E-state index in [1.165, 1.54) is 0 Å². The summed E-state index contributed by atoms with van der Waals surface area (Å²) < 4.78 is 5.76. The predicted molar refractivity (Wildman–Crippen MR) is 126 cm³/mol. The van der Waals surface area contributed by atoms with Gasteiger partial charge in [0.05, 0.1) is 18.2 Å². The monoisotopic (exact) mass is 417 g/mol. The lowest BCUT2D eigenvalue weighted by molar-refractivity contribution is -0.123. The van der Waals surface area contributed by atoms with Gasteiger partial charge in [0.2, 0.25) is 5.91 Å². The molecule has 0 fully saturated rings. The number of fused-ring (bicyclic) bond motifs is 2. The van der Waals surface area contributed by atoms with Gasteiger partial charge in [-0.3, -0.25) is 4.79 Å². The molecule has 3 nitrogen and oxygen atoms in total. The van der Waals surface area contributed by atoms with E-state index in [-0.39, 0.29) is 11.8 Å². The van der Waals surface area contributed by atoms with E-state index in [4.69, 9.17) is 4.42 Å². The van der Waals surface area contributed by atoms with E-state index in [0.717, 1.165) is 33.7 Å². The lowest BCUT2D eigenvalue weighted by Crippen LogP contribution is -2.42. The number of nitrogens with zero attached hydrogens (tertiary/aromatic N) is 1. The van der Waals surface area contributed by atoms with Gasteiger partial charge in [-0.25, -0.2) is 0 Å². The van der Waals surface area contributed by atoms with Crippen LogP contribution in [0.2, 0.25) is 0 Å². The van der Waals surface area contributed by atoms with E-state index in [1.54, 1.807) is 6.26 Å². The first-order valence-electron chi connectivity index (χ1n) is 11.0. The summed E-state index contributed by atoms with van der Waals surface area (Å²) in [5, 5.41) is 0. The van der Waals surface area contributed by atoms with Crippen LogP contribution >= 0.6 is 0 Å². The van der Waals surface area contributed by atoms with Crippen molar-refractivity contribution in [2.45, 2.75) is 24.3 Å². The van der Waals surface area contributed by atoms with Crippen LogP contribution < -0.4 is 4.90 Å². The van der Waals surface area contributed by atoms with Crippen molar-refractivity contribution in [1.82, 2.24) is 0 Å². The van der Waals surface area contributed by atoms with Crippen molar-refractivity contribution in [1.29, 1.82) is 0 Å². The van der Waals surface area contributed by atoms with Crippen LogP contribution in [-0.4, -0.2) is 5.91 Å². The Morgan fingerprint density at radius 3 is 2.31 bits per heavy atom. The summed E-state index contributed by atoms with van der Waals surface area (Å²) in [5.74, 6) is 0.946. The first-order valence-corrected chi connectivity index (χ1v) is 11.0. The number of para-hydroxylation sites is 1. The van der Waals surface area contributed by atoms with Gasteiger partial charge in [0.15, 0.2) is 0 Å². The average molecular weight is 418 g/mol. The first kappa shape index (κ1) is 18.9.